The van der Waals surface area contributed by atoms with Crippen molar-refractivity contribution in [1.82, 2.24) is 0 Å². The highest BCUT2D eigenvalue weighted by atomic mass is 35.5. The maximum Gasteiger partial charge on any atom is 0.405 e. The molecule has 1 heterocycles. The highest BCUT2D eigenvalue weighted by molar-refractivity contribution is 6.33. The van der Waals surface area contributed by atoms with Crippen LogP contribution in [0, 0.1) is 11.0 Å². The van der Waals surface area contributed by atoms with E-state index in [1.807, 2.05) is 0 Å². The van der Waals surface area contributed by atoms with Gasteiger partial charge < -0.3 is 15.3 Å². The molecule has 0 fully saturated rings. The summed E-state index contributed by atoms with van der Waals surface area (Å²) in [6.07, 6.45) is -0.0385. The summed E-state index contributed by atoms with van der Waals surface area (Å²) < 4.78 is 18.2. The molecule has 1 aromatic carbocycles. The van der Waals surface area contributed by atoms with Crippen LogP contribution in [-0.2, 0) is 9.53 Å². The van der Waals surface area contributed by atoms with Crippen LogP contribution in [-0.4, -0.2) is 18.0 Å². The average molecular weight is 339 g/mol. The molecule has 0 spiro atoms. The summed E-state index contributed by atoms with van der Waals surface area (Å²) in [7, 11) is 0. The standard InChI is InChI=1S/C15H12ClFN2O4/c1-9(23-15(21)13-4-2-3-7-19(13)22)14(20)18-12-6-5-10(17)8-11(12)16/h2-9H,1H3,(H,18,20)/t9-/m1/s1. The molecule has 6 nitrogen and oxygen atoms in total. The predicted molar refractivity (Wildman–Crippen MR) is 80.3 cm³/mol. The summed E-state index contributed by atoms with van der Waals surface area (Å²) in [5.74, 6) is -2.15. The molecule has 0 aliphatic heterocycles. The van der Waals surface area contributed by atoms with E-state index in [0.29, 0.717) is 4.73 Å². The number of carbonyl (C=O) groups is 2. The monoisotopic (exact) mass is 338 g/mol. The third kappa shape index (κ3) is 4.17. The Kier molecular flexibility index (Phi) is 5.13. The largest absolute Gasteiger partial charge is 0.618 e. The van der Waals surface area contributed by atoms with E-state index in [1.165, 1.54) is 31.2 Å². The Bertz CT molecular complexity index is 754. The van der Waals surface area contributed by atoms with Crippen LogP contribution in [0.1, 0.15) is 17.4 Å². The molecule has 0 radical (unpaired) electrons. The van der Waals surface area contributed by atoms with Gasteiger partial charge in [-0.1, -0.05) is 11.6 Å². The highest BCUT2D eigenvalue weighted by Crippen LogP contribution is 2.22. The number of nitrogens with zero attached hydrogens (tertiary/aromatic N) is 1. The van der Waals surface area contributed by atoms with Gasteiger partial charge in [-0.15, -0.1) is 0 Å². The zero-order valence-corrected chi connectivity index (χ0v) is 12.7. The molecule has 0 saturated heterocycles. The number of esters is 1. The molecule has 23 heavy (non-hydrogen) atoms. The van der Waals surface area contributed by atoms with Crippen molar-refractivity contribution in [2.45, 2.75) is 13.0 Å². The molecule has 1 N–H and O–H groups in total. The number of rotatable bonds is 4. The van der Waals surface area contributed by atoms with Crippen LogP contribution in [0.25, 0.3) is 0 Å². The number of hydrogen-bond donors (Lipinski definition) is 1. The van der Waals surface area contributed by atoms with Crippen LogP contribution < -0.4 is 10.0 Å². The van der Waals surface area contributed by atoms with Gasteiger partial charge in [-0.05, 0) is 31.2 Å². The maximum atomic E-state index is 12.9. The van der Waals surface area contributed by atoms with Gasteiger partial charge in [-0.25, -0.2) is 9.18 Å². The lowest BCUT2D eigenvalue weighted by Crippen LogP contribution is -2.37. The lowest BCUT2D eigenvalue weighted by atomic mass is 10.3. The molecule has 1 atom stereocenters. The van der Waals surface area contributed by atoms with Gasteiger partial charge in [0.25, 0.3) is 5.91 Å². The van der Waals surface area contributed by atoms with Crippen LogP contribution in [0.5, 0.6) is 0 Å². The Hall–Kier alpha value is -2.67. The molecular formula is C15H12ClFN2O4. The van der Waals surface area contributed by atoms with Crippen molar-refractivity contribution in [1.29, 1.82) is 0 Å². The van der Waals surface area contributed by atoms with Crippen LogP contribution >= 0.6 is 11.6 Å². The summed E-state index contributed by atoms with van der Waals surface area (Å²) in [6, 6.07) is 7.68. The van der Waals surface area contributed by atoms with Gasteiger partial charge in [0.05, 0.1) is 10.7 Å². The maximum absolute atomic E-state index is 12.9. The van der Waals surface area contributed by atoms with E-state index in [4.69, 9.17) is 16.3 Å². The second-order valence-electron chi connectivity index (χ2n) is 4.57. The van der Waals surface area contributed by atoms with E-state index in [1.54, 1.807) is 0 Å². The van der Waals surface area contributed by atoms with E-state index in [0.717, 1.165) is 18.3 Å². The number of benzene rings is 1. The Morgan fingerprint density at radius 2 is 2.09 bits per heavy atom. The van der Waals surface area contributed by atoms with E-state index in [2.05, 4.69) is 5.32 Å². The first-order valence-electron chi connectivity index (χ1n) is 6.53. The normalized spacial score (nSPS) is 11.6. The van der Waals surface area contributed by atoms with Crippen LogP contribution in [0.2, 0.25) is 5.02 Å². The van der Waals surface area contributed by atoms with Gasteiger partial charge in [-0.3, -0.25) is 4.79 Å². The lowest BCUT2D eigenvalue weighted by molar-refractivity contribution is -0.608. The van der Waals surface area contributed by atoms with Crippen molar-refractivity contribution < 1.29 is 23.4 Å². The number of aromatic nitrogens is 1. The van der Waals surface area contributed by atoms with Crippen molar-refractivity contribution in [2.75, 3.05) is 5.32 Å². The van der Waals surface area contributed by atoms with Crippen molar-refractivity contribution in [3.8, 4) is 0 Å². The molecule has 0 unspecified atom stereocenters. The fraction of sp³-hybridized carbons (Fsp3) is 0.133. The summed E-state index contributed by atoms with van der Waals surface area (Å²) in [5, 5.41) is 13.9. The van der Waals surface area contributed by atoms with Gasteiger partial charge in [0.1, 0.15) is 5.82 Å². The van der Waals surface area contributed by atoms with Crippen LogP contribution in [0.15, 0.2) is 42.6 Å². The molecule has 2 aromatic rings. The van der Waals surface area contributed by atoms with Crippen LogP contribution in [0.3, 0.4) is 0 Å². The van der Waals surface area contributed by atoms with Crippen LogP contribution in [0.4, 0.5) is 10.1 Å². The fourth-order valence-corrected chi connectivity index (χ4v) is 1.90. The number of nitrogens with one attached hydrogen (secondary N) is 1. The quantitative estimate of drug-likeness (QED) is 0.527. The SMILES string of the molecule is C[C@@H](OC(=O)c1cccc[n+]1[O-])C(=O)Nc1ccc(F)cc1Cl. The van der Waals surface area contributed by atoms with Crippen molar-refractivity contribution in [2.24, 2.45) is 0 Å². The first-order valence-corrected chi connectivity index (χ1v) is 6.91. The predicted octanol–water partition coefficient (Wildman–Crippen LogP) is 2.30. The van der Waals surface area contributed by atoms with E-state index in [-0.39, 0.29) is 16.4 Å². The number of halogens is 2. The first kappa shape index (κ1) is 16.7. The minimum Gasteiger partial charge on any atom is -0.618 e. The minimum atomic E-state index is -1.18. The number of ether oxygens (including phenoxy) is 1. The number of carbonyl (C=O) groups excluding carboxylic acids is 2. The van der Waals surface area contributed by atoms with Crippen molar-refractivity contribution >= 4 is 29.2 Å². The Balaban J connectivity index is 2.03. The fourth-order valence-electron chi connectivity index (χ4n) is 1.69. The molecule has 2 rings (SSSR count). The number of anilines is 1. The molecule has 0 aliphatic rings. The van der Waals surface area contributed by atoms with E-state index >= 15 is 0 Å². The molecular weight excluding hydrogens is 327 g/mol. The summed E-state index contributed by atoms with van der Waals surface area (Å²) in [6.45, 7) is 1.34. The number of pyridine rings is 1. The smallest absolute Gasteiger partial charge is 0.405 e. The molecule has 0 saturated carbocycles. The molecule has 8 heteroatoms. The Labute approximate surface area is 136 Å². The van der Waals surface area contributed by atoms with Gasteiger partial charge >= 0.3 is 11.7 Å². The third-order valence-corrected chi connectivity index (χ3v) is 3.19. The molecule has 0 aliphatic carbocycles. The molecule has 120 valence electrons. The molecule has 1 amide bonds. The lowest BCUT2D eigenvalue weighted by Gasteiger charge is -2.13. The second-order valence-corrected chi connectivity index (χ2v) is 4.98. The Morgan fingerprint density at radius 1 is 1.35 bits per heavy atom. The van der Waals surface area contributed by atoms with Gasteiger partial charge in [0, 0.05) is 12.1 Å². The zero-order chi connectivity index (χ0) is 17.0. The van der Waals surface area contributed by atoms with Gasteiger partial charge in [0.2, 0.25) is 0 Å². The number of amides is 1. The van der Waals surface area contributed by atoms with Gasteiger partial charge in [-0.2, -0.15) is 4.73 Å². The summed E-state index contributed by atoms with van der Waals surface area (Å²) in [5.41, 5.74) is -0.0634. The minimum absolute atomic E-state index is 0.0114. The topological polar surface area (TPSA) is 82.3 Å². The number of hydrogen-bond acceptors (Lipinski definition) is 4. The Morgan fingerprint density at radius 3 is 2.74 bits per heavy atom. The average Bonchev–Trinajstić information content (AvgIpc) is 2.50. The van der Waals surface area contributed by atoms with Crippen molar-refractivity contribution in [3.63, 3.8) is 0 Å². The summed E-state index contributed by atoms with van der Waals surface area (Å²) >= 11 is 5.79. The summed E-state index contributed by atoms with van der Waals surface area (Å²) in [4.78, 5) is 23.8. The zero-order valence-electron chi connectivity index (χ0n) is 12.0. The third-order valence-electron chi connectivity index (χ3n) is 2.88. The van der Waals surface area contributed by atoms with Crippen molar-refractivity contribution in [3.05, 3.63) is 64.3 Å². The first-order chi connectivity index (χ1) is 10.9. The highest BCUT2D eigenvalue weighted by Gasteiger charge is 2.24. The van der Waals surface area contributed by atoms with Gasteiger partial charge in [0.15, 0.2) is 12.3 Å². The molecule has 0 bridgehead atoms. The van der Waals surface area contributed by atoms with E-state index < -0.39 is 23.8 Å². The van der Waals surface area contributed by atoms with E-state index in [9.17, 15) is 19.2 Å². The second kappa shape index (κ2) is 7.06. The molecule has 1 aromatic heterocycles.